The predicted octanol–water partition coefficient (Wildman–Crippen LogP) is 5.88. The van der Waals surface area contributed by atoms with Crippen molar-refractivity contribution in [1.29, 1.82) is 0 Å². The van der Waals surface area contributed by atoms with Gasteiger partial charge in [-0.3, -0.25) is 4.79 Å². The molecule has 8 heteroatoms. The van der Waals surface area contributed by atoms with E-state index in [0.29, 0.717) is 23.5 Å². The molecule has 0 saturated carbocycles. The summed E-state index contributed by atoms with van der Waals surface area (Å²) in [6, 6.07) is 16.9. The van der Waals surface area contributed by atoms with Gasteiger partial charge in [0.1, 0.15) is 24.5 Å². The van der Waals surface area contributed by atoms with Crippen LogP contribution in [0.2, 0.25) is 0 Å². The third kappa shape index (κ3) is 5.44. The Hall–Kier alpha value is -3.91. The van der Waals surface area contributed by atoms with E-state index in [2.05, 4.69) is 0 Å². The van der Waals surface area contributed by atoms with E-state index in [0.717, 1.165) is 17.3 Å². The number of rotatable bonds is 10. The Balaban J connectivity index is 1.49. The number of carboxylic acid groups (broad SMARTS) is 1. The molecule has 0 aliphatic carbocycles. The van der Waals surface area contributed by atoms with Crippen molar-refractivity contribution >= 4 is 22.6 Å². The molecular weight excluding hydrogens is 456 g/mol. The van der Waals surface area contributed by atoms with Crippen molar-refractivity contribution < 1.29 is 32.6 Å². The number of benzene rings is 3. The van der Waals surface area contributed by atoms with E-state index in [1.807, 2.05) is 31.2 Å². The van der Waals surface area contributed by atoms with Crippen molar-refractivity contribution in [3.05, 3.63) is 84.1 Å². The number of hydrogen-bond acceptors (Lipinski definition) is 5. The lowest BCUT2D eigenvalue weighted by molar-refractivity contribution is -0.135. The van der Waals surface area contributed by atoms with Gasteiger partial charge in [0.15, 0.2) is 11.6 Å². The van der Waals surface area contributed by atoms with Crippen LogP contribution in [-0.4, -0.2) is 37.4 Å². The highest BCUT2D eigenvalue weighted by atomic mass is 19.2. The summed E-state index contributed by atoms with van der Waals surface area (Å²) >= 11 is 0. The van der Waals surface area contributed by atoms with E-state index in [9.17, 15) is 18.7 Å². The summed E-state index contributed by atoms with van der Waals surface area (Å²) in [6.45, 7) is 2.41. The Bertz CT molecular complexity index is 1320. The first-order valence-electron chi connectivity index (χ1n) is 11.0. The number of carboxylic acids is 1. The predicted molar refractivity (Wildman–Crippen MR) is 129 cm³/mol. The zero-order valence-corrected chi connectivity index (χ0v) is 19.3. The lowest BCUT2D eigenvalue weighted by Crippen LogP contribution is -2.40. The molecule has 0 radical (unpaired) electrons. The van der Waals surface area contributed by atoms with Gasteiger partial charge in [-0.25, -0.2) is 8.78 Å². The maximum Gasteiger partial charge on any atom is 0.323 e. The van der Waals surface area contributed by atoms with Crippen LogP contribution in [0.4, 0.5) is 14.5 Å². The second-order valence-electron chi connectivity index (χ2n) is 8.19. The van der Waals surface area contributed by atoms with E-state index in [-0.39, 0.29) is 30.2 Å². The zero-order valence-electron chi connectivity index (χ0n) is 19.3. The highest BCUT2D eigenvalue weighted by Crippen LogP contribution is 2.33. The molecule has 0 aliphatic rings. The highest BCUT2D eigenvalue weighted by Gasteiger charge is 2.18. The van der Waals surface area contributed by atoms with Gasteiger partial charge >= 0.3 is 5.97 Å². The van der Waals surface area contributed by atoms with Crippen LogP contribution >= 0.6 is 0 Å². The number of ether oxygens (including phenoxy) is 2. The average molecular weight is 481 g/mol. The van der Waals surface area contributed by atoms with E-state index in [1.54, 1.807) is 36.3 Å². The SMILES string of the molecule is COC[C@H](C)N(CC(=O)O)c1cccc(COc2ccc(-c3cc(F)c(F)c4ccoc34)cc2)c1. The summed E-state index contributed by atoms with van der Waals surface area (Å²) in [6.07, 6.45) is 1.33. The molecule has 1 N–H and O–H groups in total. The standard InChI is InChI=1S/C27H25F2NO5/c1-17(15-33-2)30(14-25(31)32)20-5-3-4-18(12-20)16-35-21-8-6-19(7-9-21)23-13-24(28)26(29)22-10-11-34-27(22)23/h3-13,17H,14-16H2,1-2H3,(H,31,32)/t17-/m0/s1. The molecular formula is C27H25F2NO5. The topological polar surface area (TPSA) is 72.1 Å². The highest BCUT2D eigenvalue weighted by molar-refractivity contribution is 5.93. The Morgan fingerprint density at radius 1 is 1.11 bits per heavy atom. The monoisotopic (exact) mass is 481 g/mol. The molecule has 0 saturated heterocycles. The van der Waals surface area contributed by atoms with Gasteiger partial charge < -0.3 is 23.9 Å². The summed E-state index contributed by atoms with van der Waals surface area (Å²) < 4.78 is 44.5. The molecule has 0 aliphatic heterocycles. The molecule has 1 aromatic heterocycles. The minimum Gasteiger partial charge on any atom is -0.489 e. The van der Waals surface area contributed by atoms with Gasteiger partial charge in [0.05, 0.1) is 24.3 Å². The van der Waals surface area contributed by atoms with Gasteiger partial charge in [0, 0.05) is 18.4 Å². The lowest BCUT2D eigenvalue weighted by Gasteiger charge is -2.29. The van der Waals surface area contributed by atoms with Gasteiger partial charge in [0.2, 0.25) is 0 Å². The van der Waals surface area contributed by atoms with Crippen molar-refractivity contribution in [1.82, 2.24) is 0 Å². The summed E-state index contributed by atoms with van der Waals surface area (Å²) in [5.74, 6) is -2.21. The molecule has 0 spiro atoms. The molecule has 0 amide bonds. The minimum absolute atomic E-state index is 0.0944. The number of methoxy groups -OCH3 is 1. The van der Waals surface area contributed by atoms with Crippen molar-refractivity contribution in [3.8, 4) is 16.9 Å². The van der Waals surface area contributed by atoms with Crippen LogP contribution in [0.1, 0.15) is 12.5 Å². The second-order valence-corrected chi connectivity index (χ2v) is 8.19. The van der Waals surface area contributed by atoms with Crippen LogP contribution in [-0.2, 0) is 16.1 Å². The number of nitrogens with zero attached hydrogens (tertiary/aromatic N) is 1. The van der Waals surface area contributed by atoms with Crippen LogP contribution in [0.25, 0.3) is 22.1 Å². The van der Waals surface area contributed by atoms with E-state index < -0.39 is 17.6 Å². The van der Waals surface area contributed by atoms with Gasteiger partial charge in [-0.05, 0) is 54.4 Å². The van der Waals surface area contributed by atoms with E-state index >= 15 is 0 Å². The molecule has 3 aromatic carbocycles. The van der Waals surface area contributed by atoms with Gasteiger partial charge in [0.25, 0.3) is 0 Å². The normalized spacial score (nSPS) is 12.0. The molecule has 4 rings (SSSR count). The van der Waals surface area contributed by atoms with E-state index in [1.165, 1.54) is 12.3 Å². The van der Waals surface area contributed by atoms with Gasteiger partial charge in [-0.2, -0.15) is 0 Å². The number of aliphatic carboxylic acids is 1. The first-order chi connectivity index (χ1) is 16.9. The largest absolute Gasteiger partial charge is 0.489 e. The van der Waals surface area contributed by atoms with Crippen LogP contribution < -0.4 is 9.64 Å². The maximum atomic E-state index is 14.0. The molecule has 1 heterocycles. The number of hydrogen-bond donors (Lipinski definition) is 1. The molecule has 0 unspecified atom stereocenters. The Kier molecular flexibility index (Phi) is 7.31. The van der Waals surface area contributed by atoms with Crippen LogP contribution in [0.5, 0.6) is 5.75 Å². The third-order valence-corrected chi connectivity index (χ3v) is 5.69. The van der Waals surface area contributed by atoms with Crippen molar-refractivity contribution in [3.63, 3.8) is 0 Å². The summed E-state index contributed by atoms with van der Waals surface area (Å²) in [7, 11) is 1.58. The number of halogens is 2. The molecule has 6 nitrogen and oxygen atoms in total. The maximum absolute atomic E-state index is 14.0. The van der Waals surface area contributed by atoms with E-state index in [4.69, 9.17) is 13.9 Å². The molecule has 4 aromatic rings. The lowest BCUT2D eigenvalue weighted by atomic mass is 10.0. The average Bonchev–Trinajstić information content (AvgIpc) is 3.34. The second kappa shape index (κ2) is 10.6. The van der Waals surface area contributed by atoms with Crippen molar-refractivity contribution in [2.24, 2.45) is 0 Å². The minimum atomic E-state index is -0.939. The fraction of sp³-hybridized carbons (Fsp3) is 0.222. The van der Waals surface area contributed by atoms with Crippen molar-refractivity contribution in [2.45, 2.75) is 19.6 Å². The zero-order chi connectivity index (χ0) is 24.9. The van der Waals surface area contributed by atoms with Crippen LogP contribution in [0, 0.1) is 11.6 Å². The Labute approximate surface area is 201 Å². The van der Waals surface area contributed by atoms with Gasteiger partial charge in [-0.1, -0.05) is 24.3 Å². The van der Waals surface area contributed by atoms with Gasteiger partial charge in [-0.15, -0.1) is 0 Å². The molecule has 182 valence electrons. The van der Waals surface area contributed by atoms with Crippen LogP contribution in [0.15, 0.2) is 71.3 Å². The quantitative estimate of drug-likeness (QED) is 0.305. The summed E-state index contributed by atoms with van der Waals surface area (Å²) in [4.78, 5) is 13.1. The number of carbonyl (C=O) groups is 1. The fourth-order valence-corrected chi connectivity index (χ4v) is 3.99. The molecule has 0 fully saturated rings. The number of anilines is 1. The Morgan fingerprint density at radius 3 is 2.60 bits per heavy atom. The first kappa shape index (κ1) is 24.2. The van der Waals surface area contributed by atoms with Crippen LogP contribution in [0.3, 0.4) is 0 Å². The number of fused-ring (bicyclic) bond motifs is 1. The third-order valence-electron chi connectivity index (χ3n) is 5.69. The molecule has 0 bridgehead atoms. The smallest absolute Gasteiger partial charge is 0.323 e. The molecule has 35 heavy (non-hydrogen) atoms. The Morgan fingerprint density at radius 2 is 1.89 bits per heavy atom. The summed E-state index contributed by atoms with van der Waals surface area (Å²) in [5, 5.41) is 9.41. The summed E-state index contributed by atoms with van der Waals surface area (Å²) in [5.41, 5.74) is 3.02. The fourth-order valence-electron chi connectivity index (χ4n) is 3.99. The molecule has 1 atom stereocenters. The van der Waals surface area contributed by atoms with Crippen molar-refractivity contribution in [2.75, 3.05) is 25.2 Å². The number of furan rings is 1. The first-order valence-corrected chi connectivity index (χ1v) is 11.0.